The number of carbonyl (C=O) groups excluding carboxylic acids is 1. The predicted molar refractivity (Wildman–Crippen MR) is 137 cm³/mol. The van der Waals surface area contributed by atoms with Gasteiger partial charge in [0.2, 0.25) is 5.91 Å². The van der Waals surface area contributed by atoms with Gasteiger partial charge in [0.15, 0.2) is 23.2 Å². The van der Waals surface area contributed by atoms with E-state index in [0.717, 1.165) is 17.7 Å². The zero-order chi connectivity index (χ0) is 26.7. The molecule has 0 bridgehead atoms. The van der Waals surface area contributed by atoms with Gasteiger partial charge in [-0.3, -0.25) is 9.36 Å². The van der Waals surface area contributed by atoms with Crippen LogP contribution in [-0.4, -0.2) is 86.7 Å². The lowest BCUT2D eigenvalue weighted by atomic mass is 9.89. The van der Waals surface area contributed by atoms with Gasteiger partial charge in [0.05, 0.1) is 31.1 Å². The van der Waals surface area contributed by atoms with Gasteiger partial charge in [0, 0.05) is 14.1 Å². The number of nitrogens with zero attached hydrogens (tertiary/aromatic N) is 5. The first-order valence-corrected chi connectivity index (χ1v) is 12.3. The second kappa shape index (κ2) is 11.0. The van der Waals surface area contributed by atoms with E-state index in [4.69, 9.17) is 15.2 Å². The number of aliphatic hydroxyl groups excluding tert-OH is 2. The van der Waals surface area contributed by atoms with Crippen LogP contribution >= 0.6 is 0 Å². The lowest BCUT2D eigenvalue weighted by Gasteiger charge is -2.33. The maximum atomic E-state index is 13.1. The number of nitrogens with one attached hydrogen (secondary N) is 1. The minimum absolute atomic E-state index is 0.288. The highest BCUT2D eigenvalue weighted by molar-refractivity contribution is 5.84. The Balaban J connectivity index is 1.49. The fourth-order valence-corrected chi connectivity index (χ4v) is 4.48. The molecule has 1 unspecified atom stereocenters. The molecule has 0 radical (unpaired) electrons. The highest BCUT2D eigenvalue weighted by atomic mass is 16.5. The minimum Gasteiger partial charge on any atom is -0.494 e. The summed E-state index contributed by atoms with van der Waals surface area (Å²) in [5, 5.41) is 24.2. The number of imidazole rings is 1. The Morgan fingerprint density at radius 1 is 1.30 bits per heavy atom. The summed E-state index contributed by atoms with van der Waals surface area (Å²) in [6.45, 7) is 3.87. The minimum atomic E-state index is -1.32. The molecular formula is C25H35N7O5. The Kier molecular flexibility index (Phi) is 7.93. The molecule has 37 heavy (non-hydrogen) atoms. The average Bonchev–Trinajstić information content (AvgIpc) is 3.41. The highest BCUT2D eigenvalue weighted by Gasteiger charge is 2.55. The normalized spacial score (nSPS) is 24.2. The summed E-state index contributed by atoms with van der Waals surface area (Å²) in [5.41, 5.74) is 6.77. The molecule has 1 aliphatic heterocycles. The van der Waals surface area contributed by atoms with Crippen LogP contribution in [0.15, 0.2) is 36.9 Å². The average molecular weight is 514 g/mol. The number of ether oxygens (including phenoxy) is 2. The molecule has 200 valence electrons. The molecule has 12 heteroatoms. The van der Waals surface area contributed by atoms with Crippen molar-refractivity contribution >= 4 is 22.9 Å². The number of nitrogens with two attached hydrogens (primary N) is 1. The van der Waals surface area contributed by atoms with Crippen LogP contribution in [0.5, 0.6) is 5.75 Å². The second-order valence-corrected chi connectivity index (χ2v) is 9.63. The molecule has 0 aliphatic carbocycles. The summed E-state index contributed by atoms with van der Waals surface area (Å²) in [5.74, 6) is 0.902. The van der Waals surface area contributed by atoms with E-state index in [2.05, 4.69) is 20.3 Å². The van der Waals surface area contributed by atoms with Crippen LogP contribution in [0.4, 0.5) is 5.82 Å². The quantitative estimate of drug-likeness (QED) is 0.298. The predicted octanol–water partition coefficient (Wildman–Crippen LogP) is 0.377. The topological polar surface area (TPSA) is 161 Å². The van der Waals surface area contributed by atoms with E-state index in [1.807, 2.05) is 45.3 Å². The molecule has 2 aromatic heterocycles. The van der Waals surface area contributed by atoms with Gasteiger partial charge < -0.3 is 35.6 Å². The van der Waals surface area contributed by atoms with Crippen LogP contribution < -0.4 is 20.7 Å². The van der Waals surface area contributed by atoms with E-state index in [-0.39, 0.29) is 6.42 Å². The molecule has 1 aliphatic rings. The Morgan fingerprint density at radius 2 is 2.03 bits per heavy atom. The largest absolute Gasteiger partial charge is 0.494 e. The molecule has 5 N–H and O–H groups in total. The zero-order valence-electron chi connectivity index (χ0n) is 21.5. The van der Waals surface area contributed by atoms with Crippen molar-refractivity contribution in [1.82, 2.24) is 24.8 Å². The fraction of sp³-hybridized carbons (Fsp3) is 0.520. The number of carbonyl (C=O) groups is 1. The summed E-state index contributed by atoms with van der Waals surface area (Å²) in [6, 6.07) is 6.55. The zero-order valence-corrected chi connectivity index (χ0v) is 21.5. The monoisotopic (exact) mass is 513 g/mol. The Bertz CT molecular complexity index is 1220. The standard InChI is InChI=1S/C25H35N7O5/c1-5-10-36-16-8-6-15(7-9-16)11-17(26)23(35)30-25(2)18(12-33)37-24(20(25)34)32-14-29-19-21(31(3)4)27-13-28-22(19)32/h6-9,13-14,17-18,20,24,33-34H,5,10-12,26H2,1-4H3,(H,30,35)/t17-,18+,20+,24+,25?/m0/s1. The van der Waals surface area contributed by atoms with Gasteiger partial charge in [0.25, 0.3) is 0 Å². The molecule has 3 aromatic rings. The van der Waals surface area contributed by atoms with Crippen molar-refractivity contribution in [3.8, 4) is 5.75 Å². The third kappa shape index (κ3) is 5.23. The van der Waals surface area contributed by atoms with Crippen molar-refractivity contribution in [2.45, 2.75) is 56.7 Å². The lowest BCUT2D eigenvalue weighted by Crippen LogP contribution is -2.62. The molecule has 3 heterocycles. The van der Waals surface area contributed by atoms with Gasteiger partial charge >= 0.3 is 0 Å². The molecule has 12 nitrogen and oxygen atoms in total. The van der Waals surface area contributed by atoms with Crippen molar-refractivity contribution in [2.75, 3.05) is 32.2 Å². The number of hydrogen-bond acceptors (Lipinski definition) is 10. The first kappa shape index (κ1) is 26.7. The van der Waals surface area contributed by atoms with E-state index in [0.29, 0.717) is 23.6 Å². The van der Waals surface area contributed by atoms with Gasteiger partial charge in [-0.25, -0.2) is 15.0 Å². The third-order valence-electron chi connectivity index (χ3n) is 6.64. The maximum Gasteiger partial charge on any atom is 0.237 e. The van der Waals surface area contributed by atoms with E-state index in [1.165, 1.54) is 12.7 Å². The van der Waals surface area contributed by atoms with E-state index in [9.17, 15) is 15.0 Å². The molecular weight excluding hydrogens is 478 g/mol. The first-order chi connectivity index (χ1) is 17.7. The van der Waals surface area contributed by atoms with E-state index in [1.54, 1.807) is 16.4 Å². The van der Waals surface area contributed by atoms with Gasteiger partial charge in [-0.1, -0.05) is 19.1 Å². The number of benzene rings is 1. The molecule has 1 aromatic carbocycles. The van der Waals surface area contributed by atoms with Gasteiger partial charge in [-0.05, 0) is 37.5 Å². The molecule has 0 saturated carbocycles. The van der Waals surface area contributed by atoms with Crippen LogP contribution in [0.1, 0.15) is 32.1 Å². The number of hydrogen-bond donors (Lipinski definition) is 4. The fourth-order valence-electron chi connectivity index (χ4n) is 4.48. The molecule has 5 atom stereocenters. The SMILES string of the molecule is CCCOc1ccc(C[C@H](N)C(=O)NC2(C)[C@H](O)[C@H](n3cnc4c(N(C)C)ncnc43)O[C@@H]2CO)cc1. The van der Waals surface area contributed by atoms with Gasteiger partial charge in [-0.15, -0.1) is 0 Å². The smallest absolute Gasteiger partial charge is 0.237 e. The molecule has 1 fully saturated rings. The lowest BCUT2D eigenvalue weighted by molar-refractivity contribution is -0.126. The summed E-state index contributed by atoms with van der Waals surface area (Å²) >= 11 is 0. The van der Waals surface area contributed by atoms with Crippen LogP contribution in [-0.2, 0) is 16.0 Å². The molecule has 1 amide bonds. The van der Waals surface area contributed by atoms with Crippen molar-refractivity contribution in [3.63, 3.8) is 0 Å². The highest BCUT2D eigenvalue weighted by Crippen LogP contribution is 2.38. The van der Waals surface area contributed by atoms with Crippen LogP contribution in [0.2, 0.25) is 0 Å². The molecule has 1 saturated heterocycles. The summed E-state index contributed by atoms with van der Waals surface area (Å²) < 4.78 is 13.2. The Labute approximate surface area is 215 Å². The van der Waals surface area contributed by atoms with E-state index < -0.39 is 42.5 Å². The van der Waals surface area contributed by atoms with Crippen molar-refractivity contribution in [1.29, 1.82) is 0 Å². The van der Waals surface area contributed by atoms with Crippen molar-refractivity contribution in [2.24, 2.45) is 5.73 Å². The number of rotatable bonds is 10. The van der Waals surface area contributed by atoms with Gasteiger partial charge in [-0.2, -0.15) is 0 Å². The maximum absolute atomic E-state index is 13.1. The number of aromatic nitrogens is 4. The Morgan fingerprint density at radius 3 is 2.68 bits per heavy atom. The van der Waals surface area contributed by atoms with Crippen LogP contribution in [0.25, 0.3) is 11.2 Å². The number of amides is 1. The van der Waals surface area contributed by atoms with Gasteiger partial charge in [0.1, 0.15) is 24.3 Å². The first-order valence-electron chi connectivity index (χ1n) is 12.3. The summed E-state index contributed by atoms with van der Waals surface area (Å²) in [7, 11) is 3.68. The van der Waals surface area contributed by atoms with Crippen LogP contribution in [0.3, 0.4) is 0 Å². The van der Waals surface area contributed by atoms with Crippen molar-refractivity contribution in [3.05, 3.63) is 42.5 Å². The number of fused-ring (bicyclic) bond motifs is 1. The molecule has 4 rings (SSSR count). The summed E-state index contributed by atoms with van der Waals surface area (Å²) in [6.07, 6.45) is 1.03. The van der Waals surface area contributed by atoms with E-state index >= 15 is 0 Å². The molecule has 0 spiro atoms. The number of aliphatic hydroxyl groups is 2. The second-order valence-electron chi connectivity index (χ2n) is 9.63. The number of anilines is 1. The van der Waals surface area contributed by atoms with Crippen molar-refractivity contribution < 1.29 is 24.5 Å². The summed E-state index contributed by atoms with van der Waals surface area (Å²) in [4.78, 5) is 27.9. The Hall–Kier alpha value is -3.32. The van der Waals surface area contributed by atoms with Crippen LogP contribution in [0, 0.1) is 0 Å². The third-order valence-corrected chi connectivity index (χ3v) is 6.64.